The fourth-order valence-electron chi connectivity index (χ4n) is 5.16. The molecule has 1 aliphatic rings. The maximum atomic E-state index is 13.8. The summed E-state index contributed by atoms with van der Waals surface area (Å²) in [6, 6.07) is 13.1. The van der Waals surface area contributed by atoms with Gasteiger partial charge in [-0.1, -0.05) is 25.3 Å². The van der Waals surface area contributed by atoms with E-state index in [0.29, 0.717) is 30.2 Å². The van der Waals surface area contributed by atoms with Crippen LogP contribution < -0.4 is 9.47 Å². The number of hydrogen-bond donors (Lipinski definition) is 0. The molecular formula is C31H35F3N2O5. The highest BCUT2D eigenvalue weighted by molar-refractivity contribution is 5.96. The zero-order valence-electron chi connectivity index (χ0n) is 23.3. The van der Waals surface area contributed by atoms with Gasteiger partial charge in [-0.25, -0.2) is 0 Å². The van der Waals surface area contributed by atoms with Gasteiger partial charge in [0.1, 0.15) is 12.3 Å². The van der Waals surface area contributed by atoms with E-state index in [1.54, 1.807) is 37.3 Å². The second-order valence-corrected chi connectivity index (χ2v) is 10.1. The lowest BCUT2D eigenvalue weighted by atomic mass is 9.93. The smallest absolute Gasteiger partial charge is 0.416 e. The number of rotatable bonds is 11. The van der Waals surface area contributed by atoms with Gasteiger partial charge in [0, 0.05) is 18.2 Å². The Labute approximate surface area is 237 Å². The molecule has 3 aromatic rings. The van der Waals surface area contributed by atoms with Crippen LogP contribution in [0.5, 0.6) is 11.5 Å². The number of carbonyl (C=O) groups excluding carboxylic acids is 2. The summed E-state index contributed by atoms with van der Waals surface area (Å²) in [5.74, 6) is 1.07. The third kappa shape index (κ3) is 7.83. The van der Waals surface area contributed by atoms with Crippen LogP contribution in [0, 0.1) is 0 Å². The van der Waals surface area contributed by atoms with Gasteiger partial charge in [0.05, 0.1) is 32.6 Å². The van der Waals surface area contributed by atoms with Crippen molar-refractivity contribution >= 4 is 11.8 Å². The molecule has 0 aliphatic heterocycles. The van der Waals surface area contributed by atoms with Crippen molar-refractivity contribution in [3.63, 3.8) is 0 Å². The van der Waals surface area contributed by atoms with E-state index in [1.165, 1.54) is 23.3 Å². The second kappa shape index (κ2) is 13.6. The molecule has 1 fully saturated rings. The molecule has 1 heterocycles. The quantitative estimate of drug-likeness (QED) is 0.267. The van der Waals surface area contributed by atoms with Crippen molar-refractivity contribution < 1.29 is 36.7 Å². The van der Waals surface area contributed by atoms with E-state index in [1.807, 2.05) is 12.1 Å². The van der Waals surface area contributed by atoms with Crippen LogP contribution in [0.4, 0.5) is 13.2 Å². The van der Waals surface area contributed by atoms with E-state index in [-0.39, 0.29) is 30.6 Å². The fraction of sp³-hybridized carbons (Fsp3) is 0.419. The number of halogens is 3. The first kappa shape index (κ1) is 30.0. The minimum atomic E-state index is -4.50. The second-order valence-electron chi connectivity index (χ2n) is 10.1. The molecule has 1 aliphatic carbocycles. The first-order chi connectivity index (χ1) is 19.7. The maximum absolute atomic E-state index is 13.8. The Morgan fingerprint density at radius 1 is 0.951 bits per heavy atom. The predicted octanol–water partition coefficient (Wildman–Crippen LogP) is 6.36. The SMILES string of the molecule is COc1ccc(CCN(Cc2ccco2)C(=O)CN(C(=O)c2ccc(C(F)(F)F)cc2)C2CCCCC2)cc1OC. The van der Waals surface area contributed by atoms with Crippen LogP contribution in [0.1, 0.15) is 59.3 Å². The normalized spacial score (nSPS) is 14.0. The zero-order valence-corrected chi connectivity index (χ0v) is 23.3. The van der Waals surface area contributed by atoms with Crippen molar-refractivity contribution in [1.82, 2.24) is 9.80 Å². The average Bonchev–Trinajstić information content (AvgIpc) is 3.50. The number of methoxy groups -OCH3 is 2. The van der Waals surface area contributed by atoms with E-state index < -0.39 is 17.6 Å². The van der Waals surface area contributed by atoms with Gasteiger partial charge in [-0.05, 0) is 73.4 Å². The van der Waals surface area contributed by atoms with Crippen molar-refractivity contribution in [1.29, 1.82) is 0 Å². The standard InChI is InChI=1S/C31H35F3N2O5/c1-39-27-15-10-22(19-28(27)40-2)16-17-35(20-26-9-6-18-41-26)29(37)21-36(25-7-4-3-5-8-25)30(38)23-11-13-24(14-12-23)31(32,33)34/h6,9-15,18-19,25H,3-5,7-8,16-17,20-21H2,1-2H3. The molecule has 0 radical (unpaired) electrons. The van der Waals surface area contributed by atoms with E-state index in [4.69, 9.17) is 13.9 Å². The fourth-order valence-corrected chi connectivity index (χ4v) is 5.16. The summed E-state index contributed by atoms with van der Waals surface area (Å²) in [5, 5.41) is 0. The topological polar surface area (TPSA) is 72.2 Å². The van der Waals surface area contributed by atoms with Crippen LogP contribution in [-0.4, -0.2) is 55.0 Å². The number of benzene rings is 2. The van der Waals surface area contributed by atoms with Gasteiger partial charge >= 0.3 is 6.18 Å². The zero-order chi connectivity index (χ0) is 29.4. The Kier molecular flexibility index (Phi) is 9.96. The Morgan fingerprint density at radius 2 is 1.66 bits per heavy atom. The lowest BCUT2D eigenvalue weighted by molar-refractivity contribution is -0.137. The summed E-state index contributed by atoms with van der Waals surface area (Å²) in [5.41, 5.74) is 0.235. The lowest BCUT2D eigenvalue weighted by Gasteiger charge is -2.35. The number of carbonyl (C=O) groups is 2. The first-order valence-electron chi connectivity index (χ1n) is 13.7. The molecule has 0 bridgehead atoms. The highest BCUT2D eigenvalue weighted by Crippen LogP contribution is 2.31. The molecule has 2 amide bonds. The van der Waals surface area contributed by atoms with Gasteiger partial charge in [-0.2, -0.15) is 13.2 Å². The van der Waals surface area contributed by atoms with Crippen molar-refractivity contribution in [3.05, 3.63) is 83.3 Å². The highest BCUT2D eigenvalue weighted by Gasteiger charge is 2.32. The van der Waals surface area contributed by atoms with Crippen LogP contribution in [0.2, 0.25) is 0 Å². The van der Waals surface area contributed by atoms with Crippen LogP contribution in [-0.2, 0) is 23.9 Å². The predicted molar refractivity (Wildman–Crippen MR) is 147 cm³/mol. The molecule has 4 rings (SSSR count). The minimum Gasteiger partial charge on any atom is -0.493 e. The van der Waals surface area contributed by atoms with E-state index in [9.17, 15) is 22.8 Å². The molecule has 0 spiro atoms. The third-order valence-electron chi connectivity index (χ3n) is 7.44. The lowest BCUT2D eigenvalue weighted by Crippen LogP contribution is -2.48. The summed E-state index contributed by atoms with van der Waals surface area (Å²) >= 11 is 0. The van der Waals surface area contributed by atoms with Crippen LogP contribution >= 0.6 is 0 Å². The van der Waals surface area contributed by atoms with Gasteiger partial charge < -0.3 is 23.7 Å². The van der Waals surface area contributed by atoms with Gasteiger partial charge in [-0.15, -0.1) is 0 Å². The Balaban J connectivity index is 1.55. The van der Waals surface area contributed by atoms with Crippen molar-refractivity contribution in [2.75, 3.05) is 27.3 Å². The number of ether oxygens (including phenoxy) is 2. The molecule has 7 nitrogen and oxygen atoms in total. The van der Waals surface area contributed by atoms with Crippen molar-refractivity contribution in [2.45, 2.75) is 57.3 Å². The average molecular weight is 573 g/mol. The number of amides is 2. The van der Waals surface area contributed by atoms with Crippen molar-refractivity contribution in [3.8, 4) is 11.5 Å². The number of furan rings is 1. The summed E-state index contributed by atoms with van der Waals surface area (Å²) in [6.45, 7) is 0.380. The molecule has 0 saturated heterocycles. The van der Waals surface area contributed by atoms with Crippen LogP contribution in [0.3, 0.4) is 0 Å². The third-order valence-corrected chi connectivity index (χ3v) is 7.44. The van der Waals surface area contributed by atoms with E-state index in [0.717, 1.165) is 49.8 Å². The molecule has 1 saturated carbocycles. The number of alkyl halides is 3. The molecule has 220 valence electrons. The highest BCUT2D eigenvalue weighted by atomic mass is 19.4. The van der Waals surface area contributed by atoms with Gasteiger partial charge in [0.15, 0.2) is 11.5 Å². The molecule has 41 heavy (non-hydrogen) atoms. The van der Waals surface area contributed by atoms with Crippen LogP contribution in [0.15, 0.2) is 65.3 Å². The Morgan fingerprint density at radius 3 is 2.27 bits per heavy atom. The number of hydrogen-bond acceptors (Lipinski definition) is 5. The molecule has 0 unspecified atom stereocenters. The largest absolute Gasteiger partial charge is 0.493 e. The Bertz CT molecular complexity index is 1290. The minimum absolute atomic E-state index is 0.124. The van der Waals surface area contributed by atoms with Crippen LogP contribution in [0.25, 0.3) is 0 Å². The summed E-state index contributed by atoms with van der Waals surface area (Å²) < 4.78 is 55.5. The summed E-state index contributed by atoms with van der Waals surface area (Å²) in [6.07, 6.45) is 1.92. The Hall–Kier alpha value is -3.95. The van der Waals surface area contributed by atoms with Crippen molar-refractivity contribution in [2.24, 2.45) is 0 Å². The molecule has 0 N–H and O–H groups in total. The monoisotopic (exact) mass is 572 g/mol. The molecule has 2 aromatic carbocycles. The summed E-state index contributed by atoms with van der Waals surface area (Å²) in [4.78, 5) is 30.6. The molecule has 1 aromatic heterocycles. The molecule has 10 heteroatoms. The number of nitrogens with zero attached hydrogens (tertiary/aromatic N) is 2. The summed E-state index contributed by atoms with van der Waals surface area (Å²) in [7, 11) is 3.12. The van der Waals surface area contributed by atoms with E-state index >= 15 is 0 Å². The van der Waals surface area contributed by atoms with Gasteiger partial charge in [0.25, 0.3) is 5.91 Å². The van der Waals surface area contributed by atoms with E-state index in [2.05, 4.69) is 0 Å². The molecular weight excluding hydrogens is 537 g/mol. The van der Waals surface area contributed by atoms with Gasteiger partial charge in [-0.3, -0.25) is 9.59 Å². The van der Waals surface area contributed by atoms with Gasteiger partial charge in [0.2, 0.25) is 5.91 Å². The first-order valence-corrected chi connectivity index (χ1v) is 13.7. The maximum Gasteiger partial charge on any atom is 0.416 e. The molecule has 0 atom stereocenters.